The number of hydrogen-bond acceptors (Lipinski definition) is 18. The van der Waals surface area contributed by atoms with Crippen LogP contribution in [-0.2, 0) is 45.6 Å². The lowest BCUT2D eigenvalue weighted by atomic mass is 9.80. The molecule has 2 aliphatic heterocycles. The van der Waals surface area contributed by atoms with E-state index in [1.165, 1.54) is 66.9 Å². The fourth-order valence-electron chi connectivity index (χ4n) is 13.1. The van der Waals surface area contributed by atoms with E-state index in [4.69, 9.17) is 55.0 Å². The fraction of sp³-hybridized carbons (Fsp3) is 0.205. The Hall–Kier alpha value is -10.7. The molecular weight excluding hydrogens is 1310 g/mol. The van der Waals surface area contributed by atoms with Gasteiger partial charge >= 0.3 is 29.5 Å². The minimum absolute atomic E-state index is 0.0350. The number of nitrogens with zero attached hydrogens (tertiary/aromatic N) is 2. The predicted molar refractivity (Wildman–Crippen MR) is 377 cm³/mol. The lowest BCUT2D eigenvalue weighted by Gasteiger charge is -2.35. The second-order valence-corrected chi connectivity index (χ2v) is 30.5. The average Bonchev–Trinajstić information content (AvgIpc) is 0.671. The van der Waals surface area contributed by atoms with Gasteiger partial charge in [-0.05, 0) is 112 Å². The number of carbonyl (C=O) groups is 6. The zero-order chi connectivity index (χ0) is 70.3. The second kappa shape index (κ2) is 27.9. The van der Waals surface area contributed by atoms with Crippen molar-refractivity contribution in [3.8, 4) is 46.0 Å². The Morgan fingerprint density at radius 3 is 0.800 bits per heavy atom. The van der Waals surface area contributed by atoms with Crippen LogP contribution >= 0.6 is 0 Å². The number of fused-ring (bicyclic) bond motifs is 2. The number of imide groups is 2. The van der Waals surface area contributed by atoms with Crippen LogP contribution in [0.15, 0.2) is 182 Å². The number of hydrogen-bond donors (Lipinski definition) is 0. The summed E-state index contributed by atoms with van der Waals surface area (Å²) in [6.45, 7) is 7.16. The van der Waals surface area contributed by atoms with Crippen molar-refractivity contribution < 1.29 is 83.7 Å². The van der Waals surface area contributed by atoms with Gasteiger partial charge in [0.15, 0.2) is 12.1 Å². The Balaban J connectivity index is 1.15. The minimum Gasteiger partial charge on any atom is -0.464 e. The van der Waals surface area contributed by atoms with Crippen molar-refractivity contribution in [3.05, 3.63) is 238 Å². The summed E-state index contributed by atoms with van der Waals surface area (Å²) in [4.78, 5) is 97.4. The van der Waals surface area contributed by atoms with Crippen LogP contribution in [0.2, 0.25) is 12.1 Å². The molecule has 0 saturated heterocycles. The van der Waals surface area contributed by atoms with Crippen LogP contribution in [0.4, 0.5) is 0 Å². The van der Waals surface area contributed by atoms with E-state index >= 15 is 28.8 Å². The summed E-state index contributed by atoms with van der Waals surface area (Å²) in [7, 11) is 1.97. The molecule has 2 atom stereocenters. The summed E-state index contributed by atoms with van der Waals surface area (Å²) < 4.78 is 74.6. The van der Waals surface area contributed by atoms with E-state index in [0.29, 0.717) is 23.0 Å². The molecule has 0 aliphatic carbocycles. The van der Waals surface area contributed by atoms with Gasteiger partial charge in [0.25, 0.3) is 23.6 Å². The van der Waals surface area contributed by atoms with E-state index in [9.17, 15) is 0 Å². The molecule has 2 aliphatic rings. The third-order valence-corrected chi connectivity index (χ3v) is 23.7. The Bertz CT molecular complexity index is 4440. The first-order chi connectivity index (χ1) is 48.4. The topological polar surface area (TPSA) is 220 Å². The van der Waals surface area contributed by atoms with E-state index < -0.39 is 65.3 Å². The first-order valence-electron chi connectivity index (χ1n) is 32.2. The Labute approximate surface area is 578 Å². The Morgan fingerprint density at radius 1 is 0.330 bits per heavy atom. The van der Waals surface area contributed by atoms with Gasteiger partial charge < -0.3 is 55.0 Å². The van der Waals surface area contributed by atoms with E-state index in [0.717, 1.165) is 32.1 Å². The maximum Gasteiger partial charge on any atom is 0.503 e. The monoisotopic (exact) mass is 1380 g/mol. The molecule has 100 heavy (non-hydrogen) atoms. The summed E-state index contributed by atoms with van der Waals surface area (Å²) in [6, 6.07) is 48.6. The molecule has 20 nitrogen and oxygen atoms in total. The molecule has 508 valence electrons. The summed E-state index contributed by atoms with van der Waals surface area (Å²) in [5.74, 6) is -3.99. The van der Waals surface area contributed by atoms with Gasteiger partial charge in [0.2, 0.25) is 0 Å². The number of ether oxygens (including phenoxy) is 6. The maximum absolute atomic E-state index is 16.4. The van der Waals surface area contributed by atoms with Crippen LogP contribution < -0.4 is 18.9 Å². The molecule has 0 bridgehead atoms. The van der Waals surface area contributed by atoms with Crippen molar-refractivity contribution in [2.75, 3.05) is 55.9 Å². The molecule has 0 saturated carbocycles. The van der Waals surface area contributed by atoms with E-state index in [1.807, 2.05) is 76.2 Å². The summed E-state index contributed by atoms with van der Waals surface area (Å²) >= 11 is 0. The van der Waals surface area contributed by atoms with Gasteiger partial charge in [-0.15, -0.1) is 0 Å². The number of carbonyl (C=O) groups excluding carboxylic acids is 6. The van der Waals surface area contributed by atoms with Crippen molar-refractivity contribution in [3.63, 3.8) is 0 Å². The highest BCUT2D eigenvalue weighted by Gasteiger charge is 2.49. The molecule has 22 heteroatoms. The molecule has 2 heterocycles. The number of benzene rings is 11. The van der Waals surface area contributed by atoms with E-state index in [1.54, 1.807) is 109 Å². The smallest absolute Gasteiger partial charge is 0.464 e. The SMILES string of the molecule is CO[Si](CCOC(=O)C(c1ccccc1)N1C(=O)c2cc(Oc3ccc(C)cc3)c3c4c(Oc5ccc(C)cc5)cc5c6c(cc(Oc7ccc(C)cc7)c(c7c(Oc8ccc(C)cc8)cc(c2c37)C1=O)c64)C(=O)N(C(C(=O)OCC[Si](OC)(OC)OC)c1ccccc1)C5=O)(OC)OC. The zero-order valence-electron chi connectivity index (χ0n) is 56.5. The molecule has 11 aromatic carbocycles. The second-order valence-electron chi connectivity index (χ2n) is 24.4. The van der Waals surface area contributed by atoms with Crippen LogP contribution in [0.25, 0.3) is 43.1 Å². The van der Waals surface area contributed by atoms with Crippen LogP contribution in [0.3, 0.4) is 0 Å². The largest absolute Gasteiger partial charge is 0.503 e. The molecule has 0 N–H and O–H groups in total. The van der Waals surface area contributed by atoms with Crippen LogP contribution in [0, 0.1) is 27.7 Å². The highest BCUT2D eigenvalue weighted by molar-refractivity contribution is 6.61. The molecule has 0 fully saturated rings. The molecule has 0 radical (unpaired) electrons. The summed E-state index contributed by atoms with van der Waals surface area (Å²) in [6.07, 6.45) is 0. The number of esters is 2. The van der Waals surface area contributed by atoms with Gasteiger partial charge in [-0.1, -0.05) is 131 Å². The number of amides is 4. The molecule has 11 aromatic rings. The normalized spacial score (nSPS) is 13.7. The quantitative estimate of drug-likeness (QED) is 0.0162. The van der Waals surface area contributed by atoms with Gasteiger partial charge in [0, 0.05) is 85.7 Å². The van der Waals surface area contributed by atoms with Crippen LogP contribution in [0.5, 0.6) is 46.0 Å². The van der Waals surface area contributed by atoms with Crippen LogP contribution in [0.1, 0.15) is 86.9 Å². The molecule has 0 spiro atoms. The average molecular weight is 1380 g/mol. The summed E-state index contributed by atoms with van der Waals surface area (Å²) in [5, 5.41) is 1.72. The molecule has 4 amide bonds. The third-order valence-electron chi connectivity index (χ3n) is 18.3. The standard InChI is InChI=1S/C78H70N2O18Si2/c1-45-21-29-51(30-22-45)95-59-41-55-63-56(74(82)79(73(55)81)71(49-17-13-11-14-18-49)77(85)93-37-39-99(87-5,88-6)89-7)43-61(97-53-33-25-47(3)26-34-53)67-68-62(98-54-35-27-48(4)28-36-54)44-58-64-57(42-60(66(70(64)68)65(59)69(63)67)96-52-31-23-46(2)24-32-52)75(83)80(76(58)84)72(50-19-15-12-16-20-50)78(86)94-38-40-100(90-8,91-9)92-10/h11-36,41-44,71-72H,37-40H2,1-10H3. The maximum atomic E-state index is 16.4. The minimum atomic E-state index is -3.32. The van der Waals surface area contributed by atoms with Gasteiger partial charge in [-0.25, -0.2) is 9.59 Å². The number of rotatable bonds is 26. The van der Waals surface area contributed by atoms with Gasteiger partial charge in [0.05, 0.1) is 47.6 Å². The van der Waals surface area contributed by atoms with Crippen molar-refractivity contribution in [2.45, 2.75) is 51.9 Å². The molecular formula is C78H70N2O18Si2. The summed E-state index contributed by atoms with van der Waals surface area (Å²) in [5.41, 5.74) is 3.92. The zero-order valence-corrected chi connectivity index (χ0v) is 58.5. The molecule has 13 rings (SSSR count). The van der Waals surface area contributed by atoms with Crippen molar-refractivity contribution in [1.82, 2.24) is 9.80 Å². The van der Waals surface area contributed by atoms with Crippen molar-refractivity contribution >= 4 is 96.3 Å². The van der Waals surface area contributed by atoms with Crippen molar-refractivity contribution in [1.29, 1.82) is 0 Å². The van der Waals surface area contributed by atoms with Gasteiger partial charge in [0.1, 0.15) is 46.0 Å². The van der Waals surface area contributed by atoms with E-state index in [2.05, 4.69) is 0 Å². The Morgan fingerprint density at radius 2 is 0.570 bits per heavy atom. The van der Waals surface area contributed by atoms with Crippen molar-refractivity contribution in [2.24, 2.45) is 0 Å². The highest BCUT2D eigenvalue weighted by Crippen LogP contribution is 2.58. The molecule has 2 unspecified atom stereocenters. The lowest BCUT2D eigenvalue weighted by Crippen LogP contribution is -2.47. The Kier molecular flexibility index (Phi) is 19.0. The van der Waals surface area contributed by atoms with E-state index in [-0.39, 0.29) is 125 Å². The molecule has 0 aromatic heterocycles. The first-order valence-corrected chi connectivity index (χ1v) is 36.1. The first kappa shape index (κ1) is 67.9. The van der Waals surface area contributed by atoms with Gasteiger partial charge in [-0.2, -0.15) is 0 Å². The van der Waals surface area contributed by atoms with Crippen LogP contribution in [-0.4, -0.2) is 119 Å². The number of aryl methyl sites for hydroxylation is 4. The fourth-order valence-corrected chi connectivity index (χ4v) is 16.1. The highest BCUT2D eigenvalue weighted by atomic mass is 28.4. The van der Waals surface area contributed by atoms with Gasteiger partial charge in [-0.3, -0.25) is 29.0 Å². The predicted octanol–water partition coefficient (Wildman–Crippen LogP) is 15.7. The third kappa shape index (κ3) is 12.4. The lowest BCUT2D eigenvalue weighted by molar-refractivity contribution is -0.149.